The largest absolute Gasteiger partial charge is 0.377 e. The standard InChI is InChI=1S/C12H25N3O/c1-10-11(4-7-16-10)15(3)12(8-13)5-6-14(2)9-12/h10-11H,4-9,13H2,1-3H3. The first kappa shape index (κ1) is 12.3. The van der Waals surface area contributed by atoms with Crippen molar-refractivity contribution in [2.75, 3.05) is 40.3 Å². The lowest BCUT2D eigenvalue weighted by molar-refractivity contribution is 0.0328. The molecule has 0 spiro atoms. The number of likely N-dealkylation sites (tertiary alicyclic amines) is 1. The van der Waals surface area contributed by atoms with Crippen molar-refractivity contribution in [2.45, 2.75) is 37.5 Å². The normalized spacial score (nSPS) is 41.1. The van der Waals surface area contributed by atoms with Gasteiger partial charge in [0, 0.05) is 31.3 Å². The highest BCUT2D eigenvalue weighted by Crippen LogP contribution is 2.31. The minimum atomic E-state index is 0.168. The molecule has 0 aromatic carbocycles. The van der Waals surface area contributed by atoms with E-state index < -0.39 is 0 Å². The minimum Gasteiger partial charge on any atom is -0.377 e. The summed E-state index contributed by atoms with van der Waals surface area (Å²) < 4.78 is 5.67. The average Bonchev–Trinajstić information content (AvgIpc) is 2.84. The number of rotatable bonds is 3. The first-order valence-electron chi connectivity index (χ1n) is 6.32. The van der Waals surface area contributed by atoms with Gasteiger partial charge in [0.1, 0.15) is 0 Å². The third kappa shape index (κ3) is 1.99. The van der Waals surface area contributed by atoms with Crippen LogP contribution in [0.2, 0.25) is 0 Å². The van der Waals surface area contributed by atoms with E-state index in [0.717, 1.165) is 32.7 Å². The van der Waals surface area contributed by atoms with Crippen molar-refractivity contribution in [3.05, 3.63) is 0 Å². The van der Waals surface area contributed by atoms with Crippen LogP contribution in [0.1, 0.15) is 19.8 Å². The molecule has 2 rings (SSSR count). The number of nitrogens with zero attached hydrogens (tertiary/aromatic N) is 2. The fourth-order valence-electron chi connectivity index (χ4n) is 3.24. The maximum Gasteiger partial charge on any atom is 0.0703 e. The fraction of sp³-hybridized carbons (Fsp3) is 1.00. The van der Waals surface area contributed by atoms with Gasteiger partial charge in [-0.3, -0.25) is 4.90 Å². The summed E-state index contributed by atoms with van der Waals surface area (Å²) in [4.78, 5) is 4.87. The van der Waals surface area contributed by atoms with Gasteiger partial charge in [-0.25, -0.2) is 0 Å². The molecule has 2 N–H and O–H groups in total. The molecule has 4 nitrogen and oxygen atoms in total. The number of likely N-dealkylation sites (N-methyl/N-ethyl adjacent to an activating group) is 2. The van der Waals surface area contributed by atoms with Crippen LogP contribution in [-0.2, 0) is 4.74 Å². The molecule has 4 heteroatoms. The number of hydrogen-bond acceptors (Lipinski definition) is 4. The van der Waals surface area contributed by atoms with Crippen molar-refractivity contribution in [3.8, 4) is 0 Å². The maximum absolute atomic E-state index is 6.04. The summed E-state index contributed by atoms with van der Waals surface area (Å²) in [5, 5.41) is 0. The highest BCUT2D eigenvalue weighted by molar-refractivity contribution is 5.01. The smallest absolute Gasteiger partial charge is 0.0703 e. The Morgan fingerprint density at radius 2 is 2.31 bits per heavy atom. The van der Waals surface area contributed by atoms with E-state index >= 15 is 0 Å². The van der Waals surface area contributed by atoms with Crippen LogP contribution in [0.15, 0.2) is 0 Å². The van der Waals surface area contributed by atoms with Gasteiger partial charge >= 0.3 is 0 Å². The Bertz CT molecular complexity index is 248. The van der Waals surface area contributed by atoms with Crippen LogP contribution in [0, 0.1) is 0 Å². The van der Waals surface area contributed by atoms with Crippen LogP contribution in [-0.4, -0.2) is 67.8 Å². The maximum atomic E-state index is 6.04. The molecule has 3 unspecified atom stereocenters. The van der Waals surface area contributed by atoms with Crippen molar-refractivity contribution in [2.24, 2.45) is 5.73 Å². The predicted octanol–water partition coefficient (Wildman–Crippen LogP) is 0.129. The van der Waals surface area contributed by atoms with Crippen LogP contribution >= 0.6 is 0 Å². The third-order valence-electron chi connectivity index (χ3n) is 4.48. The highest BCUT2D eigenvalue weighted by Gasteiger charge is 2.44. The third-order valence-corrected chi connectivity index (χ3v) is 4.48. The minimum absolute atomic E-state index is 0.168. The van der Waals surface area contributed by atoms with E-state index in [2.05, 4.69) is 30.8 Å². The average molecular weight is 227 g/mol. The Morgan fingerprint density at radius 3 is 2.75 bits per heavy atom. The van der Waals surface area contributed by atoms with Crippen LogP contribution < -0.4 is 5.73 Å². The lowest BCUT2D eigenvalue weighted by Crippen LogP contribution is -2.58. The second kappa shape index (κ2) is 4.61. The first-order valence-corrected chi connectivity index (χ1v) is 6.32. The van der Waals surface area contributed by atoms with Crippen LogP contribution in [0.25, 0.3) is 0 Å². The summed E-state index contributed by atoms with van der Waals surface area (Å²) in [5.41, 5.74) is 6.20. The number of hydrogen-bond donors (Lipinski definition) is 1. The molecule has 2 aliphatic rings. The zero-order valence-electron chi connectivity index (χ0n) is 10.8. The molecule has 3 atom stereocenters. The van der Waals surface area contributed by atoms with E-state index in [-0.39, 0.29) is 5.54 Å². The van der Waals surface area contributed by atoms with Crippen molar-refractivity contribution in [1.82, 2.24) is 9.80 Å². The fourth-order valence-corrected chi connectivity index (χ4v) is 3.24. The summed E-state index contributed by atoms with van der Waals surface area (Å²) in [6.07, 6.45) is 2.67. The van der Waals surface area contributed by atoms with Crippen LogP contribution in [0.5, 0.6) is 0 Å². The highest BCUT2D eigenvalue weighted by atomic mass is 16.5. The quantitative estimate of drug-likeness (QED) is 0.744. The molecular formula is C12H25N3O. The van der Waals surface area contributed by atoms with Gasteiger partial charge in [-0.05, 0) is 40.4 Å². The molecule has 0 amide bonds. The second-order valence-electron chi connectivity index (χ2n) is 5.46. The molecule has 2 heterocycles. The zero-order valence-corrected chi connectivity index (χ0v) is 10.8. The predicted molar refractivity (Wildman–Crippen MR) is 65.5 cm³/mol. The molecule has 2 fully saturated rings. The van der Waals surface area contributed by atoms with E-state index in [4.69, 9.17) is 10.5 Å². The van der Waals surface area contributed by atoms with E-state index in [1.54, 1.807) is 0 Å². The molecule has 16 heavy (non-hydrogen) atoms. The summed E-state index contributed by atoms with van der Waals surface area (Å²) in [7, 11) is 4.40. The molecule has 0 bridgehead atoms. The molecule has 0 radical (unpaired) electrons. The Kier molecular flexibility index (Phi) is 3.54. The van der Waals surface area contributed by atoms with Gasteiger partial charge in [0.05, 0.1) is 6.10 Å². The van der Waals surface area contributed by atoms with Crippen molar-refractivity contribution < 1.29 is 4.74 Å². The first-order chi connectivity index (χ1) is 7.59. The van der Waals surface area contributed by atoms with Crippen molar-refractivity contribution in [1.29, 1.82) is 0 Å². The molecule has 0 aromatic heterocycles. The molecule has 2 saturated heterocycles. The van der Waals surface area contributed by atoms with Gasteiger partial charge in [0.15, 0.2) is 0 Å². The Balaban J connectivity index is 2.09. The second-order valence-corrected chi connectivity index (χ2v) is 5.46. The number of nitrogens with two attached hydrogens (primary N) is 1. The molecule has 0 aliphatic carbocycles. The van der Waals surface area contributed by atoms with Crippen LogP contribution in [0.4, 0.5) is 0 Å². The monoisotopic (exact) mass is 227 g/mol. The van der Waals surface area contributed by atoms with Crippen molar-refractivity contribution >= 4 is 0 Å². The molecule has 2 aliphatic heterocycles. The Hall–Kier alpha value is -0.160. The lowest BCUT2D eigenvalue weighted by Gasteiger charge is -2.42. The van der Waals surface area contributed by atoms with E-state index in [9.17, 15) is 0 Å². The van der Waals surface area contributed by atoms with Gasteiger partial charge in [-0.1, -0.05) is 0 Å². The van der Waals surface area contributed by atoms with Gasteiger partial charge < -0.3 is 15.4 Å². The van der Waals surface area contributed by atoms with Gasteiger partial charge in [0.25, 0.3) is 0 Å². The van der Waals surface area contributed by atoms with Crippen LogP contribution in [0.3, 0.4) is 0 Å². The lowest BCUT2D eigenvalue weighted by atomic mass is 9.93. The van der Waals surface area contributed by atoms with Gasteiger partial charge in [-0.15, -0.1) is 0 Å². The topological polar surface area (TPSA) is 41.7 Å². The van der Waals surface area contributed by atoms with E-state index in [0.29, 0.717) is 12.1 Å². The van der Waals surface area contributed by atoms with Gasteiger partial charge in [0.2, 0.25) is 0 Å². The summed E-state index contributed by atoms with van der Waals surface area (Å²) in [5.74, 6) is 0. The molecular weight excluding hydrogens is 202 g/mol. The summed E-state index contributed by atoms with van der Waals surface area (Å²) in [6.45, 7) is 6.06. The molecule has 94 valence electrons. The Morgan fingerprint density at radius 1 is 1.56 bits per heavy atom. The van der Waals surface area contributed by atoms with E-state index in [1.165, 1.54) is 6.42 Å². The zero-order chi connectivity index (χ0) is 11.8. The van der Waals surface area contributed by atoms with E-state index in [1.807, 2.05) is 0 Å². The van der Waals surface area contributed by atoms with Gasteiger partial charge in [-0.2, -0.15) is 0 Å². The SMILES string of the molecule is CC1OCCC1N(C)C1(CN)CCN(C)C1. The summed E-state index contributed by atoms with van der Waals surface area (Å²) in [6, 6.07) is 0.537. The molecule has 0 aromatic rings. The number of ether oxygens (including phenoxy) is 1. The molecule has 0 saturated carbocycles. The Labute approximate surface area is 98.7 Å². The van der Waals surface area contributed by atoms with Crippen molar-refractivity contribution in [3.63, 3.8) is 0 Å². The summed E-state index contributed by atoms with van der Waals surface area (Å²) >= 11 is 0.